The Kier molecular flexibility index (Phi) is 3.50. The summed E-state index contributed by atoms with van der Waals surface area (Å²) in [5.74, 6) is 0. The third-order valence-electron chi connectivity index (χ3n) is 27.0. The zero-order chi connectivity index (χ0) is 52.0. The molecule has 0 amide bonds. The third-order valence-corrected chi connectivity index (χ3v) is 27.0. The SMILES string of the molecule is c1ccc(-c2cc(-c3ccc(Cn4c5c6c7c8c9c%10c%11c%12c%13c%14c%15c%12c%12c%10c%10c%16c%12c%12c%15c%15c%17c%14c%14c%18c%13c%13c%11c9c9c%11c%13c%18c%13c%18c%14c%17c%14c%17c%15c%12c%12c%16c(c6c%108)c6c%12c%17c8c%14c%18c%10c%13c%11c(c97)c5c%10c8c64)cc3)cc(-c3ccccn3)n2)nc1. The van der Waals surface area contributed by atoms with Gasteiger partial charge in [-0.15, -0.1) is 0 Å². The van der Waals surface area contributed by atoms with Crippen molar-refractivity contribution in [1.82, 2.24) is 19.5 Å². The predicted molar refractivity (Wildman–Crippen MR) is 363 cm³/mol. The molecule has 4 aromatic heterocycles. The van der Waals surface area contributed by atoms with Gasteiger partial charge in [-0.2, -0.15) is 0 Å². The van der Waals surface area contributed by atoms with Gasteiger partial charge < -0.3 is 4.57 Å². The van der Waals surface area contributed by atoms with Crippen molar-refractivity contribution in [2.45, 2.75) is 6.54 Å². The molecule has 0 radical (unpaired) electrons. The van der Waals surface area contributed by atoms with Crippen LogP contribution in [0.3, 0.4) is 0 Å². The average Bonchev–Trinajstić information content (AvgIpc) is 1.40. The number of fused-ring (bicyclic) bond motifs is 5. The lowest BCUT2D eigenvalue weighted by Gasteiger charge is -2.25. The van der Waals surface area contributed by atoms with Gasteiger partial charge >= 0.3 is 0 Å². The molecule has 35 aromatic rings. The van der Waals surface area contributed by atoms with Crippen molar-refractivity contribution in [3.8, 4) is 33.9 Å². The smallest absolute Gasteiger partial charge is 0.0900 e. The molecule has 0 N–H and O–H groups in total. The second-order valence-corrected chi connectivity index (χ2v) is 28.8. The quantitative estimate of drug-likeness (QED) is 0.127. The third kappa shape index (κ3) is 2.26. The molecule has 0 saturated carbocycles. The van der Waals surface area contributed by atoms with Crippen molar-refractivity contribution in [1.29, 1.82) is 0 Å². The van der Waals surface area contributed by atoms with E-state index in [0.717, 1.165) is 34.9 Å². The van der Waals surface area contributed by atoms with Crippen LogP contribution in [0.1, 0.15) is 5.56 Å². The first-order valence-electron chi connectivity index (χ1n) is 31.1. The predicted octanol–water partition coefficient (Wildman–Crippen LogP) is 22.3. The summed E-state index contributed by atoms with van der Waals surface area (Å²) >= 11 is 0. The van der Waals surface area contributed by atoms with Crippen LogP contribution < -0.4 is 0 Å². The summed E-state index contributed by atoms with van der Waals surface area (Å²) in [6.45, 7) is 0.777. The number of aromatic nitrogens is 4. The van der Waals surface area contributed by atoms with E-state index in [-0.39, 0.29) is 0 Å². The Morgan fingerprint density at radius 2 is 0.430 bits per heavy atom. The highest BCUT2D eigenvalue weighted by molar-refractivity contribution is 6.84. The molecule has 4 heterocycles. The summed E-state index contributed by atoms with van der Waals surface area (Å²) in [6.07, 6.45) is 3.72. The maximum absolute atomic E-state index is 5.17. The molecule has 4 heteroatoms. The van der Waals surface area contributed by atoms with Crippen LogP contribution in [0.5, 0.6) is 0 Å². The highest BCUT2D eigenvalue weighted by Gasteiger charge is 2.51. The van der Waals surface area contributed by atoms with Gasteiger partial charge in [0.05, 0.1) is 33.8 Å². The van der Waals surface area contributed by atoms with Crippen LogP contribution >= 0.6 is 0 Å². The molecule has 86 heavy (non-hydrogen) atoms. The number of hydrogen-bond donors (Lipinski definition) is 0. The molecule has 0 aliphatic rings. The molecule has 0 unspecified atom stereocenters. The molecule has 0 saturated heterocycles. The van der Waals surface area contributed by atoms with Crippen LogP contribution in [0, 0.1) is 0 Å². The fraction of sp³-hybridized carbons (Fsp3) is 0.0122. The Morgan fingerprint density at radius 1 is 0.209 bits per heavy atom. The normalized spacial score (nSPS) is 16.0. The van der Waals surface area contributed by atoms with E-state index in [1.165, 1.54) is 22.2 Å². The fourth-order valence-electron chi connectivity index (χ4n) is 25.7. The van der Waals surface area contributed by atoms with Crippen LogP contribution in [-0.4, -0.2) is 19.5 Å². The molecule has 364 valence electrons. The summed E-state index contributed by atoms with van der Waals surface area (Å²) in [6, 6.07) is 26.3. The zero-order valence-electron chi connectivity index (χ0n) is 44.1. The minimum Gasteiger partial charge on any atom is -0.335 e. The maximum atomic E-state index is 5.17. The Bertz CT molecular complexity index is 8310. The summed E-state index contributed by atoms with van der Waals surface area (Å²) in [5, 5.41) is 93.6. The lowest BCUT2D eigenvalue weighted by Crippen LogP contribution is -2.06. The van der Waals surface area contributed by atoms with Crippen LogP contribution in [0.25, 0.3) is 357 Å². The monoisotopic (exact) mass is 1060 g/mol. The van der Waals surface area contributed by atoms with Gasteiger partial charge in [0.15, 0.2) is 0 Å². The van der Waals surface area contributed by atoms with Gasteiger partial charge in [-0.3, -0.25) is 9.97 Å². The molecule has 4 nitrogen and oxygen atoms in total. The first kappa shape index (κ1) is 34.3. The molecule has 0 bridgehead atoms. The average molecular weight is 1060 g/mol. The van der Waals surface area contributed by atoms with Gasteiger partial charge in [-0.25, -0.2) is 4.98 Å². The van der Waals surface area contributed by atoms with Crippen LogP contribution in [0.4, 0.5) is 0 Å². The number of hydrogen-bond acceptors (Lipinski definition) is 3. The number of nitrogens with zero attached hydrogens (tertiary/aromatic N) is 4. The van der Waals surface area contributed by atoms with Crippen molar-refractivity contribution >= 4 is 323 Å². The Hall–Kier alpha value is -11.3. The fourth-order valence-corrected chi connectivity index (χ4v) is 25.7. The largest absolute Gasteiger partial charge is 0.335 e. The summed E-state index contributed by atoms with van der Waals surface area (Å²) in [4.78, 5) is 14.7. The molecule has 0 atom stereocenters. The standard InChI is InChI=1S/C82H16N4/c1-3-11-83-19(5-1)21-13-18(14-22(85-21)20-6-2-4-12-84-20)17-9-7-16(8-10-17)15-86-81-77-70-63-51-43-34-25-23-24-26-29(25)38-45(43)53-54-46(38)44-35(26)37-33-28(24)31-30-27(23)32-36(34)49(51)57-55-41(32)39(30)47-48-40(31)42(33)56-58-50(37)52(44)64-66(54)75(74(77)65(53)63)78-71(64)69(58)73-62(56)60(48)67-59(47)61(55)72(68(57)70)79(81)76(67)80(73)82(78)86/h1-14H,15H2. The number of rotatable bonds is 5. The molecule has 0 aliphatic heterocycles. The van der Waals surface area contributed by atoms with Crippen molar-refractivity contribution < 1.29 is 0 Å². The Morgan fingerprint density at radius 3 is 0.651 bits per heavy atom. The van der Waals surface area contributed by atoms with Gasteiger partial charge in [0, 0.05) is 331 Å². The van der Waals surface area contributed by atoms with E-state index in [1.54, 1.807) is 312 Å². The van der Waals surface area contributed by atoms with Crippen molar-refractivity contribution in [2.75, 3.05) is 0 Å². The van der Waals surface area contributed by atoms with Crippen molar-refractivity contribution in [2.24, 2.45) is 0 Å². The zero-order valence-corrected chi connectivity index (χ0v) is 44.1. The van der Waals surface area contributed by atoms with Crippen LogP contribution in [-0.2, 0) is 6.54 Å². The summed E-state index contributed by atoms with van der Waals surface area (Å²) in [7, 11) is 0. The highest BCUT2D eigenvalue weighted by Crippen LogP contribution is 2.80. The van der Waals surface area contributed by atoms with Gasteiger partial charge in [0.2, 0.25) is 0 Å². The Labute approximate surface area is 471 Å². The van der Waals surface area contributed by atoms with E-state index >= 15 is 0 Å². The van der Waals surface area contributed by atoms with E-state index in [2.05, 4.69) is 53.1 Å². The minimum absolute atomic E-state index is 0.777. The molecule has 0 aliphatic carbocycles. The lowest BCUT2D eigenvalue weighted by atomic mass is 9.84. The van der Waals surface area contributed by atoms with E-state index < -0.39 is 0 Å². The van der Waals surface area contributed by atoms with Gasteiger partial charge in [0.25, 0.3) is 0 Å². The number of benzene rings is 20. The second-order valence-electron chi connectivity index (χ2n) is 28.8. The molecule has 31 aromatic carbocycles. The first-order valence-corrected chi connectivity index (χ1v) is 31.1. The maximum Gasteiger partial charge on any atom is 0.0900 e. The highest BCUT2D eigenvalue weighted by atomic mass is 15.0. The Balaban J connectivity index is 0.862. The topological polar surface area (TPSA) is 43.6 Å². The number of pyridine rings is 4. The van der Waals surface area contributed by atoms with Gasteiger partial charge in [-0.05, 0) is 53.1 Å². The lowest BCUT2D eigenvalue weighted by molar-refractivity contribution is 0.871. The minimum atomic E-state index is 0.777. The van der Waals surface area contributed by atoms with E-state index in [0.29, 0.717) is 0 Å². The molecular weight excluding hydrogens is 1040 g/mol. The molecule has 0 spiro atoms. The van der Waals surface area contributed by atoms with Crippen molar-refractivity contribution in [3.05, 3.63) is 90.8 Å². The molecular formula is C82H16N4. The van der Waals surface area contributed by atoms with Crippen LogP contribution in [0.15, 0.2) is 85.2 Å². The second kappa shape index (κ2) is 8.77. The van der Waals surface area contributed by atoms with E-state index in [9.17, 15) is 0 Å². The summed E-state index contributed by atoms with van der Waals surface area (Å²) < 4.78 is 2.99. The van der Waals surface area contributed by atoms with Crippen molar-refractivity contribution in [3.63, 3.8) is 0 Å². The van der Waals surface area contributed by atoms with E-state index in [1.807, 2.05) is 36.7 Å². The molecule has 35 rings (SSSR count). The van der Waals surface area contributed by atoms with E-state index in [4.69, 9.17) is 15.0 Å². The first-order chi connectivity index (χ1) is 42.9. The van der Waals surface area contributed by atoms with Crippen LogP contribution in [0.2, 0.25) is 0 Å². The van der Waals surface area contributed by atoms with Gasteiger partial charge in [-0.1, -0.05) is 36.4 Å². The summed E-state index contributed by atoms with van der Waals surface area (Å²) in [5.41, 5.74) is 10.0. The van der Waals surface area contributed by atoms with Gasteiger partial charge in [0.1, 0.15) is 0 Å². The molecule has 0 fully saturated rings.